The zero-order valence-electron chi connectivity index (χ0n) is 12.3. The first-order chi connectivity index (χ1) is 10.6. The Hall–Kier alpha value is -1.56. The van der Waals surface area contributed by atoms with Gasteiger partial charge in [-0.3, -0.25) is 0 Å². The number of benzene rings is 1. The summed E-state index contributed by atoms with van der Waals surface area (Å²) in [4.78, 5) is 3.94. The molecule has 7 heteroatoms. The van der Waals surface area contributed by atoms with Gasteiger partial charge in [0, 0.05) is 13.1 Å². The van der Waals surface area contributed by atoms with Crippen LogP contribution in [0.15, 0.2) is 37.4 Å². The quantitative estimate of drug-likeness (QED) is 0.747. The topological polar surface area (TPSA) is 52.0 Å². The van der Waals surface area contributed by atoms with Crippen LogP contribution in [0.3, 0.4) is 0 Å². The number of halogens is 2. The highest BCUT2D eigenvalue weighted by molar-refractivity contribution is 6.37. The summed E-state index contributed by atoms with van der Waals surface area (Å²) in [5.74, 6) is 0.489. The molecule has 0 bridgehead atoms. The standard InChI is InChI=1S/C15H18Cl2N4O/c1-3-4-22-15-13(16)5-12(6-14(15)17)8-18-7-11(2)21-10-19-9-20-21/h3,5-6,9-11,18H,1,4,7-8H2,2H3/t11-/m1/s1. The van der Waals surface area contributed by atoms with E-state index in [-0.39, 0.29) is 6.04 Å². The lowest BCUT2D eigenvalue weighted by Gasteiger charge is -2.14. The van der Waals surface area contributed by atoms with Crippen LogP contribution in [0.25, 0.3) is 0 Å². The number of hydrogen-bond donors (Lipinski definition) is 1. The number of nitrogens with zero attached hydrogens (tertiary/aromatic N) is 3. The van der Waals surface area contributed by atoms with Crippen LogP contribution in [0.2, 0.25) is 10.0 Å². The van der Waals surface area contributed by atoms with Crippen molar-refractivity contribution in [1.82, 2.24) is 20.1 Å². The fourth-order valence-corrected chi connectivity index (χ4v) is 2.60. The smallest absolute Gasteiger partial charge is 0.156 e. The molecule has 0 saturated heterocycles. The van der Waals surface area contributed by atoms with Crippen LogP contribution in [0, 0.1) is 0 Å². The lowest BCUT2D eigenvalue weighted by atomic mass is 10.2. The van der Waals surface area contributed by atoms with E-state index in [2.05, 4.69) is 28.9 Å². The fraction of sp³-hybridized carbons (Fsp3) is 0.333. The Morgan fingerprint density at radius 1 is 1.41 bits per heavy atom. The molecule has 0 aliphatic heterocycles. The SMILES string of the molecule is C=CCOc1c(Cl)cc(CNC[C@@H](C)n2cncn2)cc1Cl. The third kappa shape index (κ3) is 4.47. The number of hydrogen-bond acceptors (Lipinski definition) is 4. The largest absolute Gasteiger partial charge is 0.486 e. The normalized spacial score (nSPS) is 12.1. The van der Waals surface area contributed by atoms with E-state index in [1.165, 1.54) is 6.33 Å². The third-order valence-corrected chi connectivity index (χ3v) is 3.62. The highest BCUT2D eigenvalue weighted by Crippen LogP contribution is 2.34. The molecule has 1 atom stereocenters. The molecule has 1 aromatic carbocycles. The van der Waals surface area contributed by atoms with E-state index in [9.17, 15) is 0 Å². The lowest BCUT2D eigenvalue weighted by molar-refractivity contribution is 0.363. The summed E-state index contributed by atoms with van der Waals surface area (Å²) >= 11 is 12.4. The predicted molar refractivity (Wildman–Crippen MR) is 88.6 cm³/mol. The van der Waals surface area contributed by atoms with E-state index in [1.807, 2.05) is 12.1 Å². The summed E-state index contributed by atoms with van der Waals surface area (Å²) in [6, 6.07) is 3.90. The first-order valence-electron chi connectivity index (χ1n) is 6.88. The van der Waals surface area contributed by atoms with E-state index in [1.54, 1.807) is 17.1 Å². The molecule has 2 rings (SSSR count). The number of rotatable bonds is 8. The summed E-state index contributed by atoms with van der Waals surface area (Å²) in [7, 11) is 0. The molecule has 0 fully saturated rings. The molecule has 0 saturated carbocycles. The van der Waals surface area contributed by atoms with Crippen molar-refractivity contribution in [3.05, 3.63) is 53.1 Å². The van der Waals surface area contributed by atoms with Gasteiger partial charge in [-0.15, -0.1) is 0 Å². The summed E-state index contributed by atoms with van der Waals surface area (Å²) in [6.45, 7) is 7.44. The molecular formula is C15H18Cl2N4O. The van der Waals surface area contributed by atoms with Crippen molar-refractivity contribution in [3.8, 4) is 5.75 Å². The zero-order valence-corrected chi connectivity index (χ0v) is 13.8. The van der Waals surface area contributed by atoms with Crippen molar-refractivity contribution in [2.75, 3.05) is 13.2 Å². The molecule has 1 aromatic heterocycles. The van der Waals surface area contributed by atoms with Gasteiger partial charge in [-0.05, 0) is 24.6 Å². The maximum atomic E-state index is 6.20. The van der Waals surface area contributed by atoms with E-state index >= 15 is 0 Å². The first-order valence-corrected chi connectivity index (χ1v) is 7.64. The van der Waals surface area contributed by atoms with Crippen LogP contribution < -0.4 is 10.1 Å². The van der Waals surface area contributed by atoms with Gasteiger partial charge in [-0.1, -0.05) is 35.9 Å². The van der Waals surface area contributed by atoms with Crippen LogP contribution in [-0.2, 0) is 6.54 Å². The zero-order chi connectivity index (χ0) is 15.9. The second-order valence-corrected chi connectivity index (χ2v) is 5.66. The lowest BCUT2D eigenvalue weighted by Crippen LogP contribution is -2.23. The van der Waals surface area contributed by atoms with E-state index in [4.69, 9.17) is 27.9 Å². The Labute approximate surface area is 139 Å². The summed E-state index contributed by atoms with van der Waals surface area (Å²) in [5.41, 5.74) is 0.992. The van der Waals surface area contributed by atoms with Gasteiger partial charge in [0.1, 0.15) is 19.3 Å². The second kappa shape index (κ2) is 8.17. The van der Waals surface area contributed by atoms with Crippen molar-refractivity contribution >= 4 is 23.2 Å². The summed E-state index contributed by atoms with van der Waals surface area (Å²) in [5, 5.41) is 8.44. The molecule has 5 nitrogen and oxygen atoms in total. The molecule has 118 valence electrons. The molecule has 0 spiro atoms. The molecule has 22 heavy (non-hydrogen) atoms. The molecule has 0 aliphatic rings. The van der Waals surface area contributed by atoms with Crippen molar-refractivity contribution in [2.45, 2.75) is 19.5 Å². The van der Waals surface area contributed by atoms with E-state index in [0.29, 0.717) is 28.9 Å². The molecule has 1 N–H and O–H groups in total. The Balaban J connectivity index is 1.91. The molecule has 0 aliphatic carbocycles. The van der Waals surface area contributed by atoms with Crippen molar-refractivity contribution in [3.63, 3.8) is 0 Å². The van der Waals surface area contributed by atoms with Crippen LogP contribution in [0.5, 0.6) is 5.75 Å². The Bertz CT molecular complexity index is 593. The number of nitrogens with one attached hydrogen (secondary N) is 1. The summed E-state index contributed by atoms with van der Waals surface area (Å²) in [6.07, 6.45) is 4.87. The van der Waals surface area contributed by atoms with Gasteiger partial charge in [-0.25, -0.2) is 9.67 Å². The highest BCUT2D eigenvalue weighted by Gasteiger charge is 2.10. The third-order valence-electron chi connectivity index (χ3n) is 3.06. The van der Waals surface area contributed by atoms with Crippen LogP contribution in [0.1, 0.15) is 18.5 Å². The molecule has 0 unspecified atom stereocenters. The molecule has 0 radical (unpaired) electrons. The van der Waals surface area contributed by atoms with E-state index in [0.717, 1.165) is 12.1 Å². The maximum absolute atomic E-state index is 6.20. The van der Waals surface area contributed by atoms with E-state index < -0.39 is 0 Å². The summed E-state index contributed by atoms with van der Waals surface area (Å²) < 4.78 is 7.25. The Morgan fingerprint density at radius 2 is 2.14 bits per heavy atom. The molecular weight excluding hydrogens is 323 g/mol. The Morgan fingerprint density at radius 3 is 2.73 bits per heavy atom. The number of ether oxygens (including phenoxy) is 1. The molecule has 1 heterocycles. The number of aromatic nitrogens is 3. The minimum absolute atomic E-state index is 0.212. The van der Waals surface area contributed by atoms with Crippen LogP contribution in [-0.4, -0.2) is 27.9 Å². The van der Waals surface area contributed by atoms with Crippen LogP contribution >= 0.6 is 23.2 Å². The predicted octanol–water partition coefficient (Wildman–Crippen LogP) is 3.50. The highest BCUT2D eigenvalue weighted by atomic mass is 35.5. The van der Waals surface area contributed by atoms with Gasteiger partial charge in [-0.2, -0.15) is 5.10 Å². The molecule has 2 aromatic rings. The Kier molecular flexibility index (Phi) is 6.24. The monoisotopic (exact) mass is 340 g/mol. The fourth-order valence-electron chi connectivity index (χ4n) is 1.96. The molecule has 0 amide bonds. The van der Waals surface area contributed by atoms with Gasteiger partial charge in [0.05, 0.1) is 16.1 Å². The van der Waals surface area contributed by atoms with Gasteiger partial charge >= 0.3 is 0 Å². The average Bonchev–Trinajstić information content (AvgIpc) is 3.00. The van der Waals surface area contributed by atoms with Gasteiger partial charge in [0.25, 0.3) is 0 Å². The minimum Gasteiger partial charge on any atom is -0.486 e. The average molecular weight is 341 g/mol. The van der Waals surface area contributed by atoms with Crippen molar-refractivity contribution in [2.24, 2.45) is 0 Å². The maximum Gasteiger partial charge on any atom is 0.156 e. The minimum atomic E-state index is 0.212. The van der Waals surface area contributed by atoms with Crippen molar-refractivity contribution < 1.29 is 4.74 Å². The van der Waals surface area contributed by atoms with Gasteiger partial charge in [0.15, 0.2) is 5.75 Å². The van der Waals surface area contributed by atoms with Gasteiger partial charge < -0.3 is 10.1 Å². The van der Waals surface area contributed by atoms with Gasteiger partial charge in [0.2, 0.25) is 0 Å². The van der Waals surface area contributed by atoms with Crippen LogP contribution in [0.4, 0.5) is 0 Å². The first kappa shape index (κ1) is 16.8. The van der Waals surface area contributed by atoms with Crippen molar-refractivity contribution in [1.29, 1.82) is 0 Å². The second-order valence-electron chi connectivity index (χ2n) is 4.84.